The number of esters is 1. The van der Waals surface area contributed by atoms with E-state index < -0.39 is 5.97 Å². The lowest BCUT2D eigenvalue weighted by atomic mass is 10.0. The topological polar surface area (TPSA) is 46.6 Å². The first kappa shape index (κ1) is 17.7. The van der Waals surface area contributed by atoms with Gasteiger partial charge >= 0.3 is 5.97 Å². The second kappa shape index (κ2) is 7.16. The van der Waals surface area contributed by atoms with E-state index in [9.17, 15) is 9.59 Å². The Labute approximate surface area is 163 Å². The molecule has 0 N–H and O–H groups in total. The minimum atomic E-state index is -0.467. The number of hydrogen-bond acceptors (Lipinski definition) is 3. The zero-order chi connectivity index (χ0) is 19.7. The summed E-state index contributed by atoms with van der Waals surface area (Å²) < 4.78 is 5.54. The highest BCUT2D eigenvalue weighted by atomic mass is 16.5. The first-order valence-electron chi connectivity index (χ1n) is 9.05. The van der Waals surface area contributed by atoms with Gasteiger partial charge in [0.25, 0.3) is 5.91 Å². The number of fused-ring (bicyclic) bond motifs is 1. The molecule has 138 valence electrons. The highest BCUT2D eigenvalue weighted by molar-refractivity contribution is 6.39. The van der Waals surface area contributed by atoms with Crippen LogP contribution in [0.15, 0.2) is 78.9 Å². The van der Waals surface area contributed by atoms with Crippen molar-refractivity contribution in [1.82, 2.24) is 0 Å². The molecule has 4 rings (SSSR count). The zero-order valence-electron chi connectivity index (χ0n) is 15.7. The normalized spacial score (nSPS) is 14.6. The van der Waals surface area contributed by atoms with Gasteiger partial charge in [-0.1, -0.05) is 66.2 Å². The average Bonchev–Trinajstić information content (AvgIpc) is 2.99. The maximum Gasteiger partial charge on any atom is 0.308 e. The highest BCUT2D eigenvalue weighted by Gasteiger charge is 2.37. The summed E-state index contributed by atoms with van der Waals surface area (Å²) in [6.07, 6.45) is 0. The van der Waals surface area contributed by atoms with Crippen molar-refractivity contribution in [3.8, 4) is 0 Å². The van der Waals surface area contributed by atoms with Gasteiger partial charge in [0, 0.05) is 23.7 Å². The van der Waals surface area contributed by atoms with Gasteiger partial charge in [0.05, 0.1) is 11.3 Å². The fraction of sp³-hybridized carbons (Fsp3) is 0.0833. The van der Waals surface area contributed by atoms with Gasteiger partial charge in [-0.15, -0.1) is 0 Å². The molecule has 3 aromatic rings. The highest BCUT2D eigenvalue weighted by Crippen LogP contribution is 2.44. The summed E-state index contributed by atoms with van der Waals surface area (Å²) in [4.78, 5) is 27.0. The molecule has 28 heavy (non-hydrogen) atoms. The van der Waals surface area contributed by atoms with E-state index in [1.807, 2.05) is 85.8 Å². The fourth-order valence-corrected chi connectivity index (χ4v) is 3.37. The molecule has 0 aromatic heterocycles. The van der Waals surface area contributed by atoms with Gasteiger partial charge in [-0.25, -0.2) is 0 Å². The number of hydrogen-bond donors (Lipinski definition) is 0. The van der Waals surface area contributed by atoms with Gasteiger partial charge < -0.3 is 4.74 Å². The van der Waals surface area contributed by atoms with E-state index in [1.54, 1.807) is 4.90 Å². The van der Waals surface area contributed by atoms with Crippen molar-refractivity contribution in [3.63, 3.8) is 0 Å². The van der Waals surface area contributed by atoms with E-state index in [-0.39, 0.29) is 11.7 Å². The molecule has 0 spiro atoms. The van der Waals surface area contributed by atoms with Gasteiger partial charge in [0.1, 0.15) is 0 Å². The van der Waals surface area contributed by atoms with E-state index in [4.69, 9.17) is 4.74 Å². The van der Waals surface area contributed by atoms with Crippen molar-refractivity contribution in [2.75, 3.05) is 4.90 Å². The minimum Gasteiger partial charge on any atom is -0.425 e. The van der Waals surface area contributed by atoms with Crippen LogP contribution in [0.1, 0.15) is 23.6 Å². The van der Waals surface area contributed by atoms with E-state index in [2.05, 4.69) is 0 Å². The Kier molecular flexibility index (Phi) is 4.53. The molecule has 1 aliphatic rings. The number of rotatable bonds is 3. The number of benzene rings is 3. The molecule has 0 aliphatic carbocycles. The van der Waals surface area contributed by atoms with E-state index in [1.165, 1.54) is 6.92 Å². The van der Waals surface area contributed by atoms with Gasteiger partial charge in [-0.3, -0.25) is 14.5 Å². The van der Waals surface area contributed by atoms with E-state index in [0.29, 0.717) is 11.1 Å². The van der Waals surface area contributed by atoms with Crippen molar-refractivity contribution in [3.05, 3.63) is 95.6 Å². The Hall–Kier alpha value is -3.66. The van der Waals surface area contributed by atoms with Crippen molar-refractivity contribution in [1.29, 1.82) is 0 Å². The third-order valence-electron chi connectivity index (χ3n) is 4.63. The Bertz CT molecular complexity index is 1080. The smallest absolute Gasteiger partial charge is 0.308 e. The quantitative estimate of drug-likeness (QED) is 0.366. The molecule has 1 heterocycles. The SMILES string of the molecule is CC(=O)O/C(=C1/C(=O)N(c2ccc(C)cc2)c2ccccc21)c1ccccc1. The molecule has 1 amide bonds. The largest absolute Gasteiger partial charge is 0.425 e. The van der Waals surface area contributed by atoms with Crippen LogP contribution in [0.2, 0.25) is 0 Å². The summed E-state index contributed by atoms with van der Waals surface area (Å²) in [5.41, 5.74) is 4.47. The first-order chi connectivity index (χ1) is 13.6. The number of anilines is 2. The standard InChI is InChI=1S/C24H19NO3/c1-16-12-14-19(15-13-16)25-21-11-7-6-10-20(21)22(24(25)27)23(28-17(2)26)18-8-4-3-5-9-18/h3-15H,1-2H3/b23-22+. The Balaban J connectivity index is 1.96. The maximum atomic E-state index is 13.5. The number of nitrogens with zero attached hydrogens (tertiary/aromatic N) is 1. The third kappa shape index (κ3) is 3.09. The van der Waals surface area contributed by atoms with E-state index >= 15 is 0 Å². The van der Waals surface area contributed by atoms with Crippen LogP contribution in [0.25, 0.3) is 11.3 Å². The van der Waals surface area contributed by atoms with Crippen molar-refractivity contribution >= 4 is 34.6 Å². The average molecular weight is 369 g/mol. The lowest BCUT2D eigenvalue weighted by Crippen LogP contribution is -2.21. The van der Waals surface area contributed by atoms with Crippen LogP contribution in [0.4, 0.5) is 11.4 Å². The van der Waals surface area contributed by atoms with Crippen molar-refractivity contribution in [2.24, 2.45) is 0 Å². The van der Waals surface area contributed by atoms with Crippen molar-refractivity contribution in [2.45, 2.75) is 13.8 Å². The summed E-state index contributed by atoms with van der Waals surface area (Å²) in [7, 11) is 0. The first-order valence-corrected chi connectivity index (χ1v) is 9.05. The van der Waals surface area contributed by atoms with Crippen LogP contribution < -0.4 is 4.90 Å². The zero-order valence-corrected chi connectivity index (χ0v) is 15.7. The second-order valence-corrected chi connectivity index (χ2v) is 6.66. The lowest BCUT2D eigenvalue weighted by molar-refractivity contribution is -0.134. The lowest BCUT2D eigenvalue weighted by Gasteiger charge is -2.17. The van der Waals surface area contributed by atoms with Crippen LogP contribution in [0.3, 0.4) is 0 Å². The number of ether oxygens (including phenoxy) is 1. The van der Waals surface area contributed by atoms with Gasteiger partial charge in [-0.2, -0.15) is 0 Å². The molecule has 4 heteroatoms. The molecule has 0 saturated heterocycles. The minimum absolute atomic E-state index is 0.217. The Morgan fingerprint density at radius 2 is 1.50 bits per heavy atom. The second-order valence-electron chi connectivity index (χ2n) is 6.66. The molecule has 0 unspecified atom stereocenters. The molecule has 1 aliphatic heterocycles. The summed E-state index contributed by atoms with van der Waals surface area (Å²) in [6, 6.07) is 24.6. The van der Waals surface area contributed by atoms with Crippen molar-refractivity contribution < 1.29 is 14.3 Å². The third-order valence-corrected chi connectivity index (χ3v) is 4.63. The van der Waals surface area contributed by atoms with Crippen LogP contribution in [0, 0.1) is 6.92 Å². The number of aryl methyl sites for hydroxylation is 1. The summed E-state index contributed by atoms with van der Waals surface area (Å²) in [5.74, 6) is -0.407. The van der Waals surface area contributed by atoms with Gasteiger partial charge in [0.2, 0.25) is 0 Å². The summed E-state index contributed by atoms with van der Waals surface area (Å²) in [6.45, 7) is 3.34. The van der Waals surface area contributed by atoms with Crippen LogP contribution >= 0.6 is 0 Å². The van der Waals surface area contributed by atoms with Gasteiger partial charge in [0.15, 0.2) is 5.76 Å². The summed E-state index contributed by atoms with van der Waals surface area (Å²) in [5, 5.41) is 0. The van der Waals surface area contributed by atoms with Crippen LogP contribution in [-0.2, 0) is 14.3 Å². The fourth-order valence-electron chi connectivity index (χ4n) is 3.37. The molecule has 0 radical (unpaired) electrons. The molecule has 0 fully saturated rings. The molecule has 0 saturated carbocycles. The van der Waals surface area contributed by atoms with Gasteiger partial charge in [-0.05, 0) is 25.1 Å². The molecular weight excluding hydrogens is 350 g/mol. The van der Waals surface area contributed by atoms with Crippen LogP contribution in [-0.4, -0.2) is 11.9 Å². The Morgan fingerprint density at radius 3 is 2.18 bits per heavy atom. The molecule has 4 nitrogen and oxygen atoms in total. The molecule has 0 bridgehead atoms. The van der Waals surface area contributed by atoms with E-state index in [0.717, 1.165) is 22.5 Å². The monoisotopic (exact) mass is 369 g/mol. The molecule has 3 aromatic carbocycles. The number of carbonyl (C=O) groups is 2. The molecule has 0 atom stereocenters. The maximum absolute atomic E-state index is 13.5. The Morgan fingerprint density at radius 1 is 0.857 bits per heavy atom. The number of amides is 1. The predicted octanol–water partition coefficient (Wildman–Crippen LogP) is 5.10. The summed E-state index contributed by atoms with van der Waals surface area (Å²) >= 11 is 0. The number of carbonyl (C=O) groups excluding carboxylic acids is 2. The molecular formula is C24H19NO3. The predicted molar refractivity (Wildman–Crippen MR) is 110 cm³/mol. The van der Waals surface area contributed by atoms with Crippen LogP contribution in [0.5, 0.6) is 0 Å². The number of para-hydroxylation sites is 1.